The summed E-state index contributed by atoms with van der Waals surface area (Å²) in [5.74, 6) is 0.870. The zero-order valence-corrected chi connectivity index (χ0v) is 12.2. The Morgan fingerprint density at radius 2 is 2.28 bits per heavy atom. The van der Waals surface area contributed by atoms with Gasteiger partial charge in [-0.05, 0) is 45.6 Å². The lowest BCUT2D eigenvalue weighted by Crippen LogP contribution is -2.51. The molecule has 1 aromatic rings. The van der Waals surface area contributed by atoms with E-state index in [2.05, 4.69) is 29.0 Å². The molecule has 0 bridgehead atoms. The highest BCUT2D eigenvalue weighted by atomic mass is 32.1. The number of hydrogen-bond donors (Lipinski definition) is 1. The number of hydrogen-bond acceptors (Lipinski definition) is 4. The Balaban J connectivity index is 1.60. The first-order valence-electron chi connectivity index (χ1n) is 7.11. The van der Waals surface area contributed by atoms with E-state index in [0.29, 0.717) is 0 Å². The predicted molar refractivity (Wildman–Crippen MR) is 76.0 cm³/mol. The van der Waals surface area contributed by atoms with E-state index in [1.165, 1.54) is 54.5 Å². The predicted octanol–water partition coefficient (Wildman–Crippen LogP) is 2.33. The quantitative estimate of drug-likeness (QED) is 0.889. The van der Waals surface area contributed by atoms with Gasteiger partial charge in [-0.15, -0.1) is 11.3 Å². The number of rotatable bonds is 2. The van der Waals surface area contributed by atoms with Gasteiger partial charge in [0, 0.05) is 24.0 Å². The Morgan fingerprint density at radius 3 is 3.06 bits per heavy atom. The van der Waals surface area contributed by atoms with Crippen LogP contribution in [0.2, 0.25) is 0 Å². The highest BCUT2D eigenvalue weighted by molar-refractivity contribution is 7.11. The molecule has 2 fully saturated rings. The SMILES string of the molecule is Cc1nc(CN2CCC3NCCCC3C2)sc1C. The van der Waals surface area contributed by atoms with Gasteiger partial charge >= 0.3 is 0 Å². The molecule has 100 valence electrons. The Hall–Kier alpha value is -0.450. The Labute approximate surface area is 114 Å². The Bertz CT molecular complexity index is 396. The zero-order chi connectivity index (χ0) is 12.5. The topological polar surface area (TPSA) is 28.2 Å². The van der Waals surface area contributed by atoms with Gasteiger partial charge < -0.3 is 5.32 Å². The molecule has 4 heteroatoms. The van der Waals surface area contributed by atoms with E-state index in [1.54, 1.807) is 0 Å². The number of aromatic nitrogens is 1. The summed E-state index contributed by atoms with van der Waals surface area (Å²) < 4.78 is 0. The van der Waals surface area contributed by atoms with Crippen LogP contribution in [-0.4, -0.2) is 35.6 Å². The van der Waals surface area contributed by atoms with Gasteiger partial charge in [0.25, 0.3) is 0 Å². The molecule has 3 heterocycles. The van der Waals surface area contributed by atoms with Crippen molar-refractivity contribution in [3.8, 4) is 0 Å². The van der Waals surface area contributed by atoms with Crippen LogP contribution < -0.4 is 5.32 Å². The molecule has 0 spiro atoms. The van der Waals surface area contributed by atoms with Crippen LogP contribution in [0, 0.1) is 19.8 Å². The number of aryl methyl sites for hydroxylation is 2. The molecule has 2 atom stereocenters. The van der Waals surface area contributed by atoms with Gasteiger partial charge in [0.15, 0.2) is 0 Å². The first-order chi connectivity index (χ1) is 8.72. The third-order valence-corrected chi connectivity index (χ3v) is 5.47. The van der Waals surface area contributed by atoms with Gasteiger partial charge in [-0.2, -0.15) is 0 Å². The third-order valence-electron chi connectivity index (χ3n) is 4.41. The molecule has 0 aliphatic carbocycles. The number of piperidine rings is 2. The van der Waals surface area contributed by atoms with Crippen molar-refractivity contribution in [3.05, 3.63) is 15.6 Å². The molecule has 0 amide bonds. The van der Waals surface area contributed by atoms with Gasteiger partial charge in [-0.25, -0.2) is 4.98 Å². The fourth-order valence-electron chi connectivity index (χ4n) is 3.26. The molecular formula is C14H23N3S. The monoisotopic (exact) mass is 265 g/mol. The molecule has 3 rings (SSSR count). The van der Waals surface area contributed by atoms with Crippen molar-refractivity contribution >= 4 is 11.3 Å². The van der Waals surface area contributed by atoms with Crippen LogP contribution in [0.1, 0.15) is 34.8 Å². The lowest BCUT2D eigenvalue weighted by molar-refractivity contribution is 0.109. The minimum Gasteiger partial charge on any atom is -0.314 e. The minimum absolute atomic E-state index is 0.787. The zero-order valence-electron chi connectivity index (χ0n) is 11.4. The molecule has 2 unspecified atom stereocenters. The van der Waals surface area contributed by atoms with Gasteiger partial charge in [0.05, 0.1) is 12.2 Å². The van der Waals surface area contributed by atoms with E-state index in [-0.39, 0.29) is 0 Å². The summed E-state index contributed by atoms with van der Waals surface area (Å²) in [5, 5.41) is 4.98. The summed E-state index contributed by atoms with van der Waals surface area (Å²) >= 11 is 1.87. The fraction of sp³-hybridized carbons (Fsp3) is 0.786. The molecule has 2 saturated heterocycles. The largest absolute Gasteiger partial charge is 0.314 e. The molecule has 18 heavy (non-hydrogen) atoms. The van der Waals surface area contributed by atoms with Crippen molar-refractivity contribution in [2.75, 3.05) is 19.6 Å². The third kappa shape index (κ3) is 2.60. The first kappa shape index (κ1) is 12.6. The normalized spacial score (nSPS) is 29.2. The van der Waals surface area contributed by atoms with Crippen LogP contribution in [-0.2, 0) is 6.54 Å². The van der Waals surface area contributed by atoms with Crippen LogP contribution in [0.3, 0.4) is 0 Å². The standard InChI is InChI=1S/C14H23N3S/c1-10-11(2)18-14(16-10)9-17-7-5-13-12(8-17)4-3-6-15-13/h12-13,15H,3-9H2,1-2H3. The second-order valence-corrected chi connectivity index (χ2v) is 7.02. The van der Waals surface area contributed by atoms with Crippen molar-refractivity contribution in [1.82, 2.24) is 15.2 Å². The molecule has 0 aromatic carbocycles. The fourth-order valence-corrected chi connectivity index (χ4v) is 4.24. The van der Waals surface area contributed by atoms with Crippen molar-refractivity contribution in [2.45, 2.75) is 45.7 Å². The van der Waals surface area contributed by atoms with Crippen LogP contribution in [0.4, 0.5) is 0 Å². The van der Waals surface area contributed by atoms with Crippen LogP contribution in [0.15, 0.2) is 0 Å². The second kappa shape index (κ2) is 5.27. The second-order valence-electron chi connectivity index (χ2n) is 5.74. The van der Waals surface area contributed by atoms with Crippen LogP contribution in [0.5, 0.6) is 0 Å². The number of likely N-dealkylation sites (tertiary alicyclic amines) is 1. The van der Waals surface area contributed by atoms with Crippen LogP contribution >= 0.6 is 11.3 Å². The highest BCUT2D eigenvalue weighted by Crippen LogP contribution is 2.26. The summed E-state index contributed by atoms with van der Waals surface area (Å²) in [4.78, 5) is 8.65. The van der Waals surface area contributed by atoms with Gasteiger partial charge in [-0.1, -0.05) is 0 Å². The molecule has 1 N–H and O–H groups in total. The number of thiazole rings is 1. The van der Waals surface area contributed by atoms with E-state index in [9.17, 15) is 0 Å². The summed E-state index contributed by atoms with van der Waals surface area (Å²) in [6.45, 7) is 9.07. The van der Waals surface area contributed by atoms with Crippen molar-refractivity contribution in [2.24, 2.45) is 5.92 Å². The maximum atomic E-state index is 4.67. The van der Waals surface area contributed by atoms with E-state index < -0.39 is 0 Å². The average Bonchev–Trinajstić information content (AvgIpc) is 2.68. The Kier molecular flexibility index (Phi) is 3.68. The minimum atomic E-state index is 0.787. The summed E-state index contributed by atoms with van der Waals surface area (Å²) in [5.41, 5.74) is 1.21. The molecule has 1 aromatic heterocycles. The number of nitrogens with one attached hydrogen (secondary N) is 1. The first-order valence-corrected chi connectivity index (χ1v) is 7.92. The van der Waals surface area contributed by atoms with Gasteiger partial charge in [0.2, 0.25) is 0 Å². The lowest BCUT2D eigenvalue weighted by Gasteiger charge is -2.41. The van der Waals surface area contributed by atoms with E-state index >= 15 is 0 Å². The highest BCUT2D eigenvalue weighted by Gasteiger charge is 2.31. The summed E-state index contributed by atoms with van der Waals surface area (Å²) in [6, 6.07) is 0.787. The maximum Gasteiger partial charge on any atom is 0.107 e. The lowest BCUT2D eigenvalue weighted by atomic mass is 9.85. The molecule has 3 nitrogen and oxygen atoms in total. The molecule has 0 saturated carbocycles. The summed E-state index contributed by atoms with van der Waals surface area (Å²) in [6.07, 6.45) is 4.07. The van der Waals surface area contributed by atoms with Crippen molar-refractivity contribution < 1.29 is 0 Å². The number of fused-ring (bicyclic) bond motifs is 1. The number of nitrogens with zero attached hydrogens (tertiary/aromatic N) is 2. The average molecular weight is 265 g/mol. The smallest absolute Gasteiger partial charge is 0.107 e. The molecule has 2 aliphatic heterocycles. The van der Waals surface area contributed by atoms with E-state index in [0.717, 1.165) is 18.5 Å². The van der Waals surface area contributed by atoms with Gasteiger partial charge in [-0.3, -0.25) is 4.90 Å². The molecular weight excluding hydrogens is 242 g/mol. The summed E-state index contributed by atoms with van der Waals surface area (Å²) in [7, 11) is 0. The van der Waals surface area contributed by atoms with Gasteiger partial charge in [0.1, 0.15) is 5.01 Å². The van der Waals surface area contributed by atoms with E-state index in [4.69, 9.17) is 0 Å². The maximum absolute atomic E-state index is 4.67. The van der Waals surface area contributed by atoms with E-state index in [1.807, 2.05) is 11.3 Å². The molecule has 0 radical (unpaired) electrons. The Morgan fingerprint density at radius 1 is 1.39 bits per heavy atom. The van der Waals surface area contributed by atoms with Crippen LogP contribution in [0.25, 0.3) is 0 Å². The van der Waals surface area contributed by atoms with Crippen molar-refractivity contribution in [3.63, 3.8) is 0 Å². The molecule has 2 aliphatic rings. The van der Waals surface area contributed by atoms with Crippen molar-refractivity contribution in [1.29, 1.82) is 0 Å².